The van der Waals surface area contributed by atoms with Gasteiger partial charge in [0, 0.05) is 0 Å². The lowest BCUT2D eigenvalue weighted by Gasteiger charge is -2.38. The third-order valence-corrected chi connectivity index (χ3v) is 10.6. The zero-order valence-corrected chi connectivity index (χ0v) is 25.9. The molecule has 0 spiro atoms. The lowest BCUT2D eigenvalue weighted by Crippen LogP contribution is -2.31. The van der Waals surface area contributed by atoms with Crippen molar-refractivity contribution >= 4 is 40.5 Å². The van der Waals surface area contributed by atoms with Crippen LogP contribution < -0.4 is 16.7 Å². The number of hydrogen-bond acceptors (Lipinski definition) is 12. The van der Waals surface area contributed by atoms with E-state index in [1.54, 1.807) is 0 Å². The van der Waals surface area contributed by atoms with Gasteiger partial charge in [-0.05, 0) is 77.6 Å². The fourth-order valence-corrected chi connectivity index (χ4v) is 6.63. The Morgan fingerprint density at radius 1 is 0.429 bits per heavy atom. The van der Waals surface area contributed by atoms with Gasteiger partial charge in [0.05, 0.1) is 0 Å². The van der Waals surface area contributed by atoms with Gasteiger partial charge in [-0.15, -0.1) is 0 Å². The molecule has 2 bridgehead atoms. The summed E-state index contributed by atoms with van der Waals surface area (Å²) in [5, 5.41) is 0. The van der Waals surface area contributed by atoms with E-state index in [1.165, 1.54) is 0 Å². The molecule has 0 heterocycles. The van der Waals surface area contributed by atoms with E-state index in [0.717, 1.165) is 0 Å². The van der Waals surface area contributed by atoms with Crippen LogP contribution in [-0.2, 0) is 53.3 Å². The average molecular weight is 813 g/mol. The second-order valence-electron chi connectivity index (χ2n) is 9.97. The summed E-state index contributed by atoms with van der Waals surface area (Å²) in [6.07, 6.45) is -1.33. The number of hydrogen-bond donors (Lipinski definition) is 0. The Kier molecular flexibility index (Phi) is 9.07. The number of alkyl halides is 12. The van der Waals surface area contributed by atoms with Crippen molar-refractivity contribution in [3.05, 3.63) is 46.5 Å². The summed E-state index contributed by atoms with van der Waals surface area (Å²) in [6, 6.07) is 1.43. The first kappa shape index (κ1) is 38.4. The molecular weight excluding hydrogens is 800 g/mol. The molecule has 0 N–H and O–H groups in total. The van der Waals surface area contributed by atoms with Gasteiger partial charge >= 0.3 is 62.5 Å². The highest BCUT2D eigenvalue weighted by Gasteiger charge is 2.53. The zero-order chi connectivity index (χ0) is 37.6. The second-order valence-corrected chi connectivity index (χ2v) is 16.1. The van der Waals surface area contributed by atoms with Crippen molar-refractivity contribution in [3.8, 4) is 23.0 Å². The summed E-state index contributed by atoms with van der Waals surface area (Å²) < 4.78 is 265. The topological polar surface area (TPSA) is 173 Å². The van der Waals surface area contributed by atoms with E-state index in [2.05, 4.69) is 16.7 Å². The summed E-state index contributed by atoms with van der Waals surface area (Å²) in [5.41, 5.74) is -25.9. The molecule has 0 amide bonds. The Balaban J connectivity index is 1.88. The minimum absolute atomic E-state index is 0.223. The fraction of sp³-hybridized carbons (Fsp3) is 0.429. The Hall–Kier alpha value is -3.40. The van der Waals surface area contributed by atoms with Gasteiger partial charge in [-0.2, -0.15) is 86.4 Å². The molecule has 49 heavy (non-hydrogen) atoms. The molecule has 0 aliphatic heterocycles. The van der Waals surface area contributed by atoms with E-state index < -0.39 is 110 Å². The van der Waals surface area contributed by atoms with Gasteiger partial charge in [-0.1, -0.05) is 0 Å². The van der Waals surface area contributed by atoms with E-state index in [9.17, 15) is 86.4 Å². The fourth-order valence-electron chi connectivity index (χ4n) is 4.79. The van der Waals surface area contributed by atoms with Crippen LogP contribution in [0.25, 0.3) is 0 Å². The normalized spacial score (nSPS) is 19.0. The maximum absolute atomic E-state index is 13.0. The first-order valence-corrected chi connectivity index (χ1v) is 17.8. The van der Waals surface area contributed by atoms with Crippen LogP contribution in [-0.4, -0.2) is 55.7 Å². The maximum Gasteiger partial charge on any atom is 0.534 e. The van der Waals surface area contributed by atoms with Crippen molar-refractivity contribution in [1.82, 2.24) is 0 Å². The van der Waals surface area contributed by atoms with Crippen LogP contribution in [0.3, 0.4) is 0 Å². The second kappa shape index (κ2) is 11.6. The third-order valence-electron chi connectivity index (χ3n) is 6.72. The highest BCUT2D eigenvalue weighted by Crippen LogP contribution is 2.52. The molecule has 12 nitrogen and oxygen atoms in total. The Labute approximate surface area is 266 Å². The number of rotatable bonds is 8. The van der Waals surface area contributed by atoms with Crippen molar-refractivity contribution in [2.75, 3.05) is 0 Å². The summed E-state index contributed by atoms with van der Waals surface area (Å²) in [5.74, 6) is -9.11. The first-order valence-electron chi connectivity index (χ1n) is 12.1. The zero-order valence-electron chi connectivity index (χ0n) is 22.7. The van der Waals surface area contributed by atoms with Crippen LogP contribution in [0.1, 0.15) is 40.5 Å². The lowest BCUT2D eigenvalue weighted by atomic mass is 9.66. The molecule has 4 rings (SSSR count). The Morgan fingerprint density at radius 2 is 0.653 bits per heavy atom. The highest BCUT2D eigenvalue weighted by atomic mass is 32.2. The van der Waals surface area contributed by atoms with E-state index in [1.807, 2.05) is 0 Å². The van der Waals surface area contributed by atoms with Crippen LogP contribution in [0.2, 0.25) is 0 Å². The standard InChI is InChI=1S/C21H12F12O12S4/c22-18(23,24)46(34,35)42-14-4-10-2-8-1-9(13(10)7-17(14)45-49(40,41)21(31,32)33)3-11-5-15(43-47(36,37)19(25,26)27)16(6-12(8)11)44-48(38,39)20(28,29)30/h4-9H,1-3H2. The molecule has 276 valence electrons. The Morgan fingerprint density at radius 3 is 0.878 bits per heavy atom. The van der Waals surface area contributed by atoms with E-state index in [4.69, 9.17) is 0 Å². The Bertz CT molecular complexity index is 1970. The molecule has 2 aliphatic carbocycles. The summed E-state index contributed by atoms with van der Waals surface area (Å²) in [4.78, 5) is 0. The number of benzene rings is 2. The molecule has 0 saturated heterocycles. The van der Waals surface area contributed by atoms with Gasteiger partial charge in [0.15, 0.2) is 23.0 Å². The summed E-state index contributed by atoms with van der Waals surface area (Å²) in [6.45, 7) is 0. The number of fused-ring (bicyclic) bond motifs is 6. The molecule has 0 radical (unpaired) electrons. The van der Waals surface area contributed by atoms with Crippen LogP contribution in [0.4, 0.5) is 52.7 Å². The van der Waals surface area contributed by atoms with E-state index in [0.29, 0.717) is 24.3 Å². The highest BCUT2D eigenvalue weighted by molar-refractivity contribution is 7.88. The van der Waals surface area contributed by atoms with Crippen molar-refractivity contribution in [3.63, 3.8) is 0 Å². The molecule has 2 aromatic rings. The monoisotopic (exact) mass is 812 g/mol. The van der Waals surface area contributed by atoms with Crippen molar-refractivity contribution < 1.29 is 103 Å². The van der Waals surface area contributed by atoms with E-state index in [-0.39, 0.29) is 28.7 Å². The van der Waals surface area contributed by atoms with Gasteiger partial charge in [0.2, 0.25) is 0 Å². The molecular formula is C21H12F12O12S4. The minimum Gasteiger partial charge on any atom is -0.372 e. The largest absolute Gasteiger partial charge is 0.534 e. The predicted molar refractivity (Wildman–Crippen MR) is 133 cm³/mol. The number of halogens is 12. The molecule has 0 fully saturated rings. The molecule has 2 aromatic carbocycles. The van der Waals surface area contributed by atoms with Crippen LogP contribution in [0.5, 0.6) is 23.0 Å². The van der Waals surface area contributed by atoms with Crippen molar-refractivity contribution in [2.45, 2.75) is 53.1 Å². The van der Waals surface area contributed by atoms with Crippen molar-refractivity contribution in [1.29, 1.82) is 0 Å². The van der Waals surface area contributed by atoms with E-state index >= 15 is 0 Å². The molecule has 2 aliphatic rings. The SMILES string of the molecule is O=S(=O)(Oc1cc2c(cc1OS(=O)(=O)C(F)(F)F)C1Cc3cc(OS(=O)(=O)C(F)(F)F)c(OS(=O)(=O)C(F)(F)F)cc3C(C2)C1)C(F)(F)F. The lowest BCUT2D eigenvalue weighted by molar-refractivity contribution is -0.0513. The van der Waals surface area contributed by atoms with Crippen LogP contribution in [0, 0.1) is 0 Å². The molecule has 2 atom stereocenters. The third kappa shape index (κ3) is 7.40. The molecule has 0 aromatic heterocycles. The molecule has 2 unspecified atom stereocenters. The average Bonchev–Trinajstić information content (AvgIpc) is 2.87. The van der Waals surface area contributed by atoms with Gasteiger partial charge < -0.3 is 16.7 Å². The van der Waals surface area contributed by atoms with Crippen LogP contribution in [0.15, 0.2) is 24.3 Å². The minimum atomic E-state index is -6.69. The van der Waals surface area contributed by atoms with Gasteiger partial charge in [-0.3, -0.25) is 0 Å². The maximum atomic E-state index is 13.0. The quantitative estimate of drug-likeness (QED) is 0.199. The smallest absolute Gasteiger partial charge is 0.372 e. The van der Waals surface area contributed by atoms with Crippen LogP contribution >= 0.6 is 0 Å². The van der Waals surface area contributed by atoms with Gasteiger partial charge in [0.25, 0.3) is 0 Å². The van der Waals surface area contributed by atoms with Gasteiger partial charge in [-0.25, -0.2) is 0 Å². The van der Waals surface area contributed by atoms with Crippen molar-refractivity contribution in [2.24, 2.45) is 0 Å². The summed E-state index contributed by atoms with van der Waals surface area (Å²) in [7, 11) is -26.8. The molecule has 28 heteroatoms. The molecule has 0 saturated carbocycles. The van der Waals surface area contributed by atoms with Gasteiger partial charge in [0.1, 0.15) is 0 Å². The summed E-state index contributed by atoms with van der Waals surface area (Å²) >= 11 is 0. The predicted octanol–water partition coefficient (Wildman–Crippen LogP) is 4.97. The first-order chi connectivity index (χ1) is 21.8.